The lowest BCUT2D eigenvalue weighted by molar-refractivity contribution is 0.511. The molecule has 1 aromatic heterocycles. The third-order valence-electron chi connectivity index (χ3n) is 1.91. The van der Waals surface area contributed by atoms with E-state index in [-0.39, 0.29) is 0 Å². The monoisotopic (exact) mass is 187 g/mol. The molecule has 0 atom stereocenters. The first-order valence-corrected chi connectivity index (χ1v) is 4.28. The second kappa shape index (κ2) is 3.48. The van der Waals surface area contributed by atoms with Gasteiger partial charge in [0.1, 0.15) is 11.6 Å². The van der Waals surface area contributed by atoms with E-state index in [0.717, 1.165) is 5.52 Å². The summed E-state index contributed by atoms with van der Waals surface area (Å²) in [7, 11) is 1.82. The molecular weight excluding hydrogens is 178 g/mol. The van der Waals surface area contributed by atoms with Gasteiger partial charge < -0.3 is 9.73 Å². The van der Waals surface area contributed by atoms with Crippen LogP contribution in [-0.2, 0) is 6.54 Å². The molecular formula is C10H9N3O. The number of nitrogens with one attached hydrogen (secondary N) is 1. The van der Waals surface area contributed by atoms with Crippen molar-refractivity contribution in [1.82, 2.24) is 10.3 Å². The van der Waals surface area contributed by atoms with Crippen LogP contribution in [0.1, 0.15) is 11.5 Å². The molecule has 2 aromatic rings. The van der Waals surface area contributed by atoms with Crippen molar-refractivity contribution in [3.8, 4) is 6.07 Å². The zero-order chi connectivity index (χ0) is 9.97. The van der Waals surface area contributed by atoms with Crippen molar-refractivity contribution in [3.63, 3.8) is 0 Å². The molecule has 0 radical (unpaired) electrons. The van der Waals surface area contributed by atoms with Crippen LogP contribution in [0.25, 0.3) is 11.1 Å². The molecule has 2 rings (SSSR count). The summed E-state index contributed by atoms with van der Waals surface area (Å²) in [6.45, 7) is 0.569. The SMILES string of the molecule is CNCc1nc2cccc(C#N)c2o1. The summed E-state index contributed by atoms with van der Waals surface area (Å²) in [5.74, 6) is 0.602. The summed E-state index contributed by atoms with van der Waals surface area (Å²) in [4.78, 5) is 4.23. The predicted octanol–water partition coefficient (Wildman–Crippen LogP) is 1.42. The molecule has 1 N–H and O–H groups in total. The molecule has 4 nitrogen and oxygen atoms in total. The summed E-state index contributed by atoms with van der Waals surface area (Å²) < 4.78 is 5.43. The number of para-hydroxylation sites is 1. The van der Waals surface area contributed by atoms with Gasteiger partial charge in [0.2, 0.25) is 5.89 Å². The van der Waals surface area contributed by atoms with E-state index in [1.165, 1.54) is 0 Å². The van der Waals surface area contributed by atoms with Crippen LogP contribution in [0.2, 0.25) is 0 Å². The fourth-order valence-electron chi connectivity index (χ4n) is 1.31. The third-order valence-corrected chi connectivity index (χ3v) is 1.91. The minimum Gasteiger partial charge on any atom is -0.438 e. The topological polar surface area (TPSA) is 61.9 Å². The van der Waals surface area contributed by atoms with Gasteiger partial charge in [-0.05, 0) is 19.2 Å². The Morgan fingerprint density at radius 3 is 3.14 bits per heavy atom. The average Bonchev–Trinajstić information content (AvgIpc) is 2.60. The number of aromatic nitrogens is 1. The van der Waals surface area contributed by atoms with Gasteiger partial charge >= 0.3 is 0 Å². The van der Waals surface area contributed by atoms with Gasteiger partial charge in [-0.1, -0.05) is 6.07 Å². The largest absolute Gasteiger partial charge is 0.438 e. The smallest absolute Gasteiger partial charge is 0.209 e. The van der Waals surface area contributed by atoms with Crippen molar-refractivity contribution in [2.45, 2.75) is 6.54 Å². The van der Waals surface area contributed by atoms with Gasteiger partial charge in [-0.15, -0.1) is 0 Å². The summed E-state index contributed by atoms with van der Waals surface area (Å²) in [5, 5.41) is 11.8. The van der Waals surface area contributed by atoms with Crippen LogP contribution in [0, 0.1) is 11.3 Å². The van der Waals surface area contributed by atoms with Crippen LogP contribution in [-0.4, -0.2) is 12.0 Å². The van der Waals surface area contributed by atoms with Crippen LogP contribution < -0.4 is 5.32 Å². The minimum absolute atomic E-state index is 0.525. The highest BCUT2D eigenvalue weighted by Crippen LogP contribution is 2.18. The first-order valence-electron chi connectivity index (χ1n) is 4.28. The molecule has 14 heavy (non-hydrogen) atoms. The Labute approximate surface area is 81.2 Å². The summed E-state index contributed by atoms with van der Waals surface area (Å²) in [5.41, 5.74) is 1.83. The normalized spacial score (nSPS) is 10.3. The van der Waals surface area contributed by atoms with Crippen LogP contribution in [0.15, 0.2) is 22.6 Å². The Balaban J connectivity index is 2.60. The molecule has 0 aliphatic rings. The number of nitriles is 1. The molecule has 0 fully saturated rings. The standard InChI is InChI=1S/C10H9N3O/c1-12-6-9-13-8-4-2-3-7(5-11)10(8)14-9/h2-4,12H,6H2,1H3. The Morgan fingerprint density at radius 1 is 1.57 bits per heavy atom. The van der Waals surface area contributed by atoms with E-state index < -0.39 is 0 Å². The Hall–Kier alpha value is -1.86. The number of hydrogen-bond donors (Lipinski definition) is 1. The second-order valence-corrected chi connectivity index (χ2v) is 2.90. The van der Waals surface area contributed by atoms with Crippen molar-refractivity contribution >= 4 is 11.1 Å². The van der Waals surface area contributed by atoms with E-state index in [2.05, 4.69) is 16.4 Å². The fraction of sp³-hybridized carbons (Fsp3) is 0.200. The molecule has 70 valence electrons. The lowest BCUT2D eigenvalue weighted by Gasteiger charge is -1.89. The van der Waals surface area contributed by atoms with E-state index in [1.807, 2.05) is 13.1 Å². The lowest BCUT2D eigenvalue weighted by Crippen LogP contribution is -2.04. The lowest BCUT2D eigenvalue weighted by atomic mass is 10.2. The number of hydrogen-bond acceptors (Lipinski definition) is 4. The van der Waals surface area contributed by atoms with Gasteiger partial charge in [-0.25, -0.2) is 4.98 Å². The van der Waals surface area contributed by atoms with Gasteiger partial charge in [0, 0.05) is 0 Å². The van der Waals surface area contributed by atoms with Crippen LogP contribution in [0.5, 0.6) is 0 Å². The molecule has 0 saturated carbocycles. The Morgan fingerprint density at radius 2 is 2.43 bits per heavy atom. The van der Waals surface area contributed by atoms with Crippen molar-refractivity contribution in [2.24, 2.45) is 0 Å². The maximum absolute atomic E-state index is 8.82. The summed E-state index contributed by atoms with van der Waals surface area (Å²) in [6.07, 6.45) is 0. The molecule has 4 heteroatoms. The van der Waals surface area contributed by atoms with Crippen molar-refractivity contribution in [2.75, 3.05) is 7.05 Å². The van der Waals surface area contributed by atoms with Gasteiger partial charge in [-0.3, -0.25) is 0 Å². The minimum atomic E-state index is 0.525. The number of fused-ring (bicyclic) bond motifs is 1. The van der Waals surface area contributed by atoms with Gasteiger partial charge in [0.05, 0.1) is 12.1 Å². The number of benzene rings is 1. The van der Waals surface area contributed by atoms with Gasteiger partial charge in [0.25, 0.3) is 0 Å². The molecule has 0 spiro atoms. The van der Waals surface area contributed by atoms with Gasteiger partial charge in [0.15, 0.2) is 5.58 Å². The number of oxazole rings is 1. The zero-order valence-electron chi connectivity index (χ0n) is 7.74. The first kappa shape index (κ1) is 8.73. The van der Waals surface area contributed by atoms with Crippen molar-refractivity contribution in [3.05, 3.63) is 29.7 Å². The number of rotatable bonds is 2. The highest BCUT2D eigenvalue weighted by Gasteiger charge is 2.08. The summed E-state index contributed by atoms with van der Waals surface area (Å²) >= 11 is 0. The molecule has 0 saturated heterocycles. The van der Waals surface area contributed by atoms with Crippen molar-refractivity contribution in [1.29, 1.82) is 5.26 Å². The van der Waals surface area contributed by atoms with Crippen LogP contribution in [0.3, 0.4) is 0 Å². The van der Waals surface area contributed by atoms with E-state index in [4.69, 9.17) is 9.68 Å². The maximum atomic E-state index is 8.82. The van der Waals surface area contributed by atoms with Crippen LogP contribution in [0.4, 0.5) is 0 Å². The van der Waals surface area contributed by atoms with Gasteiger partial charge in [-0.2, -0.15) is 5.26 Å². The summed E-state index contributed by atoms with van der Waals surface area (Å²) in [6, 6.07) is 7.42. The second-order valence-electron chi connectivity index (χ2n) is 2.90. The van der Waals surface area contributed by atoms with E-state index in [9.17, 15) is 0 Å². The molecule has 1 aromatic carbocycles. The zero-order valence-corrected chi connectivity index (χ0v) is 7.74. The highest BCUT2D eigenvalue weighted by molar-refractivity contribution is 5.78. The Bertz CT molecular complexity index is 496. The maximum Gasteiger partial charge on any atom is 0.209 e. The number of nitrogens with zero attached hydrogens (tertiary/aromatic N) is 2. The average molecular weight is 187 g/mol. The van der Waals surface area contributed by atoms with Crippen LogP contribution >= 0.6 is 0 Å². The quantitative estimate of drug-likeness (QED) is 0.772. The fourth-order valence-corrected chi connectivity index (χ4v) is 1.31. The van der Waals surface area contributed by atoms with E-state index in [1.54, 1.807) is 12.1 Å². The van der Waals surface area contributed by atoms with E-state index in [0.29, 0.717) is 23.6 Å². The molecule has 0 bridgehead atoms. The predicted molar refractivity (Wildman–Crippen MR) is 51.5 cm³/mol. The molecule has 0 amide bonds. The first-order chi connectivity index (χ1) is 6.85. The molecule has 0 aliphatic carbocycles. The highest BCUT2D eigenvalue weighted by atomic mass is 16.3. The molecule has 0 aliphatic heterocycles. The molecule has 1 heterocycles. The van der Waals surface area contributed by atoms with Crippen molar-refractivity contribution < 1.29 is 4.42 Å². The van der Waals surface area contributed by atoms with E-state index >= 15 is 0 Å². The third kappa shape index (κ3) is 1.34. The Kier molecular flexibility index (Phi) is 2.17. The molecule has 0 unspecified atom stereocenters.